The van der Waals surface area contributed by atoms with Crippen molar-refractivity contribution in [2.24, 2.45) is 9.98 Å². The maximum Gasteiger partial charge on any atom is 0.170 e. The largest absolute Gasteiger partial charge is 0.324 e. The maximum absolute atomic E-state index is 5.43. The van der Waals surface area contributed by atoms with Crippen LogP contribution in [-0.4, -0.2) is 21.2 Å². The molecule has 11 rings (SSSR count). The van der Waals surface area contributed by atoms with Gasteiger partial charge in [0.1, 0.15) is 17.5 Å². The highest BCUT2D eigenvalue weighted by Crippen LogP contribution is 2.42. The van der Waals surface area contributed by atoms with Gasteiger partial charge in [0.15, 0.2) is 6.17 Å². The fourth-order valence-corrected chi connectivity index (χ4v) is 10.0. The van der Waals surface area contributed by atoms with Crippen molar-refractivity contribution in [2.75, 3.05) is 0 Å². The monoisotopic (exact) mass is 803 g/mol. The number of amidine groups is 2. The van der Waals surface area contributed by atoms with E-state index in [-0.39, 0.29) is 0 Å². The predicted molar refractivity (Wildman–Crippen MR) is 256 cm³/mol. The molecule has 2 aromatic heterocycles. The zero-order valence-electron chi connectivity index (χ0n) is 33.8. The highest BCUT2D eigenvalue weighted by molar-refractivity contribution is 7.26. The van der Waals surface area contributed by atoms with Crippen molar-refractivity contribution in [2.45, 2.75) is 25.9 Å². The van der Waals surface area contributed by atoms with Crippen LogP contribution in [0.3, 0.4) is 0 Å². The van der Waals surface area contributed by atoms with Gasteiger partial charge in [0.25, 0.3) is 0 Å². The number of aliphatic imine (C=N–C) groups is 2. The summed E-state index contributed by atoms with van der Waals surface area (Å²) in [7, 11) is 0. The molecular weight excluding hydrogens is 763 g/mol. The molecule has 0 fully saturated rings. The molecule has 0 saturated carbocycles. The number of benzene rings is 8. The molecule has 0 spiro atoms. The van der Waals surface area contributed by atoms with Crippen LogP contribution < -0.4 is 5.32 Å². The van der Waals surface area contributed by atoms with Gasteiger partial charge in [-0.1, -0.05) is 178 Å². The Balaban J connectivity index is 0.962. The van der Waals surface area contributed by atoms with E-state index < -0.39 is 6.17 Å². The number of hydrogen-bond donors (Lipinski definition) is 1. The second kappa shape index (κ2) is 15.3. The molecule has 8 aromatic carbocycles. The van der Waals surface area contributed by atoms with E-state index in [2.05, 4.69) is 212 Å². The third kappa shape index (κ3) is 6.62. The fraction of sp³-hybridized carbons (Fsp3) is 0.0727. The molecule has 1 aliphatic rings. The number of imidazole rings is 1. The molecule has 0 amide bonds. The summed E-state index contributed by atoms with van der Waals surface area (Å²) in [6, 6.07) is 68.9. The van der Waals surface area contributed by atoms with Crippen LogP contribution in [0.5, 0.6) is 0 Å². The number of aromatic nitrogens is 2. The molecule has 10 aromatic rings. The van der Waals surface area contributed by atoms with Gasteiger partial charge >= 0.3 is 0 Å². The quantitative estimate of drug-likeness (QED) is 0.166. The van der Waals surface area contributed by atoms with Gasteiger partial charge in [0.05, 0.1) is 11.0 Å². The molecule has 292 valence electrons. The number of thiophene rings is 1. The Morgan fingerprint density at radius 2 is 1.02 bits per heavy atom. The lowest BCUT2D eigenvalue weighted by atomic mass is 9.95. The van der Waals surface area contributed by atoms with E-state index >= 15 is 0 Å². The molecule has 0 radical (unpaired) electrons. The first-order valence-electron chi connectivity index (χ1n) is 20.8. The Morgan fingerprint density at radius 3 is 1.74 bits per heavy atom. The van der Waals surface area contributed by atoms with E-state index in [1.807, 2.05) is 17.4 Å². The molecule has 0 bridgehead atoms. The third-order valence-electron chi connectivity index (χ3n) is 11.6. The number of hydrogen-bond acceptors (Lipinski definition) is 5. The average Bonchev–Trinajstić information content (AvgIpc) is 3.92. The third-order valence-corrected chi connectivity index (χ3v) is 12.9. The van der Waals surface area contributed by atoms with Crippen molar-refractivity contribution in [3.05, 3.63) is 217 Å². The zero-order chi connectivity index (χ0) is 40.9. The van der Waals surface area contributed by atoms with Gasteiger partial charge in [-0.25, -0.2) is 15.0 Å². The first kappa shape index (κ1) is 36.7. The van der Waals surface area contributed by atoms with Gasteiger partial charge < -0.3 is 5.32 Å². The topological polar surface area (TPSA) is 54.6 Å². The van der Waals surface area contributed by atoms with Crippen molar-refractivity contribution in [3.63, 3.8) is 0 Å². The summed E-state index contributed by atoms with van der Waals surface area (Å²) in [5.41, 5.74) is 13.4. The first-order chi connectivity index (χ1) is 30.1. The molecule has 1 N–H and O–H groups in total. The Kier molecular flexibility index (Phi) is 9.20. The van der Waals surface area contributed by atoms with Crippen LogP contribution in [-0.2, 0) is 0 Å². The number of nitrogens with zero attached hydrogens (tertiary/aromatic N) is 4. The lowest BCUT2D eigenvalue weighted by Crippen LogP contribution is -2.36. The average molecular weight is 804 g/mol. The van der Waals surface area contributed by atoms with Crippen LogP contribution in [0.15, 0.2) is 204 Å². The van der Waals surface area contributed by atoms with Crippen molar-refractivity contribution in [1.82, 2.24) is 14.9 Å². The standard InChI is InChI=1S/C55H41N5S/c1-35(2)55-56-48-25-11-12-26-49(48)60(55)41-33-31-37(32-34-41)36-27-29-39(30-28-36)42-19-9-10-20-46(42)53-57-52(40-17-7-4-8-18-40)58-54(59-53)47-24-14-23-45-44-22-13-21-43(50(44)61-51(45)47)38-15-5-3-6-16-38/h3-35,53H,1-2H3,(H,57,58,59). The minimum Gasteiger partial charge on any atom is -0.324 e. The van der Waals surface area contributed by atoms with Crippen LogP contribution >= 0.6 is 11.3 Å². The van der Waals surface area contributed by atoms with E-state index in [1.165, 1.54) is 31.3 Å². The molecule has 1 atom stereocenters. The predicted octanol–water partition coefficient (Wildman–Crippen LogP) is 14.0. The van der Waals surface area contributed by atoms with Gasteiger partial charge in [-0.2, -0.15) is 0 Å². The molecule has 6 heteroatoms. The van der Waals surface area contributed by atoms with Crippen LogP contribution in [0.1, 0.15) is 48.4 Å². The zero-order valence-corrected chi connectivity index (χ0v) is 34.6. The fourth-order valence-electron chi connectivity index (χ4n) is 8.65. The van der Waals surface area contributed by atoms with Gasteiger partial charge in [0.2, 0.25) is 0 Å². The molecule has 61 heavy (non-hydrogen) atoms. The summed E-state index contributed by atoms with van der Waals surface area (Å²) >= 11 is 1.83. The molecule has 0 aliphatic carbocycles. The van der Waals surface area contributed by atoms with Gasteiger partial charge in [0, 0.05) is 48.5 Å². The molecular formula is C55H41N5S. The molecule has 0 saturated heterocycles. The van der Waals surface area contributed by atoms with Gasteiger partial charge in [-0.3, -0.25) is 4.57 Å². The Bertz CT molecular complexity index is 3290. The van der Waals surface area contributed by atoms with Crippen molar-refractivity contribution in [3.8, 4) is 39.1 Å². The Morgan fingerprint density at radius 1 is 0.475 bits per heavy atom. The van der Waals surface area contributed by atoms with E-state index in [4.69, 9.17) is 15.0 Å². The summed E-state index contributed by atoms with van der Waals surface area (Å²) in [5.74, 6) is 2.98. The van der Waals surface area contributed by atoms with E-state index in [1.54, 1.807) is 0 Å². The minimum atomic E-state index is -0.464. The lowest BCUT2D eigenvalue weighted by Gasteiger charge is -2.24. The highest BCUT2D eigenvalue weighted by Gasteiger charge is 2.25. The molecule has 3 heterocycles. The normalized spacial score (nSPS) is 14.0. The Hall–Kier alpha value is -7.41. The highest BCUT2D eigenvalue weighted by atomic mass is 32.1. The number of para-hydroxylation sites is 2. The molecule has 5 nitrogen and oxygen atoms in total. The van der Waals surface area contributed by atoms with Crippen molar-refractivity contribution >= 4 is 54.2 Å². The summed E-state index contributed by atoms with van der Waals surface area (Å²) in [6.07, 6.45) is -0.464. The minimum absolute atomic E-state index is 0.296. The second-order valence-electron chi connectivity index (χ2n) is 15.8. The van der Waals surface area contributed by atoms with E-state index in [0.717, 1.165) is 73.2 Å². The smallest absolute Gasteiger partial charge is 0.170 e. The van der Waals surface area contributed by atoms with E-state index in [0.29, 0.717) is 5.92 Å². The van der Waals surface area contributed by atoms with Gasteiger partial charge in [-0.15, -0.1) is 11.3 Å². The van der Waals surface area contributed by atoms with Gasteiger partial charge in [-0.05, 0) is 63.7 Å². The molecule has 1 aliphatic heterocycles. The van der Waals surface area contributed by atoms with Crippen LogP contribution in [0.25, 0.3) is 70.3 Å². The van der Waals surface area contributed by atoms with Crippen molar-refractivity contribution in [1.29, 1.82) is 0 Å². The Labute approximate surface area is 359 Å². The summed E-state index contributed by atoms with van der Waals surface area (Å²) in [6.45, 7) is 4.40. The maximum atomic E-state index is 5.43. The first-order valence-corrected chi connectivity index (χ1v) is 21.6. The summed E-state index contributed by atoms with van der Waals surface area (Å²) < 4.78 is 4.77. The lowest BCUT2D eigenvalue weighted by molar-refractivity contribution is 0.758. The SMILES string of the molecule is CC(C)c1nc2ccccc2n1-c1ccc(-c2ccc(-c3ccccc3C3N=C(c4ccccc4)NC(c4cccc5c4sc4c(-c6ccccc6)cccc45)=N3)cc2)cc1. The van der Waals surface area contributed by atoms with Crippen molar-refractivity contribution < 1.29 is 0 Å². The number of rotatable bonds is 8. The van der Waals surface area contributed by atoms with Crippen LogP contribution in [0.4, 0.5) is 0 Å². The number of fused-ring (bicyclic) bond motifs is 4. The molecule has 1 unspecified atom stereocenters. The van der Waals surface area contributed by atoms with E-state index in [9.17, 15) is 0 Å². The number of nitrogens with one attached hydrogen (secondary N) is 1. The summed E-state index contributed by atoms with van der Waals surface area (Å²) in [5, 5.41) is 6.17. The summed E-state index contributed by atoms with van der Waals surface area (Å²) in [4.78, 5) is 15.7. The van der Waals surface area contributed by atoms with Crippen LogP contribution in [0.2, 0.25) is 0 Å². The second-order valence-corrected chi connectivity index (χ2v) is 16.8. The van der Waals surface area contributed by atoms with Crippen LogP contribution in [0, 0.1) is 0 Å².